The standard InChI is InChI=1S/C16H22N4O3/c1-11-15(21)19-13-4-2-3-12(14(13)23-11)16(22)18-7-10-20-8-5-17-6-9-20/h2-4,11,17H,5-10H2,1H3,(H,18,22)(H,19,21). The Balaban J connectivity index is 1.61. The highest BCUT2D eigenvalue weighted by Gasteiger charge is 2.27. The van der Waals surface area contributed by atoms with Gasteiger partial charge in [-0.3, -0.25) is 14.5 Å². The minimum absolute atomic E-state index is 0.180. The number of hydrogen-bond acceptors (Lipinski definition) is 5. The Morgan fingerprint density at radius 3 is 2.96 bits per heavy atom. The van der Waals surface area contributed by atoms with Gasteiger partial charge in [-0.2, -0.15) is 0 Å². The number of piperazine rings is 1. The average molecular weight is 318 g/mol. The molecule has 0 aromatic heterocycles. The van der Waals surface area contributed by atoms with Crippen LogP contribution in [0, 0.1) is 0 Å². The summed E-state index contributed by atoms with van der Waals surface area (Å²) in [7, 11) is 0. The molecular weight excluding hydrogens is 296 g/mol. The van der Waals surface area contributed by atoms with Crippen LogP contribution in [0.15, 0.2) is 18.2 Å². The summed E-state index contributed by atoms with van der Waals surface area (Å²) in [5, 5.41) is 8.98. The molecule has 1 fully saturated rings. The van der Waals surface area contributed by atoms with E-state index in [0.29, 0.717) is 23.5 Å². The summed E-state index contributed by atoms with van der Waals surface area (Å²) >= 11 is 0. The van der Waals surface area contributed by atoms with E-state index in [-0.39, 0.29) is 11.8 Å². The smallest absolute Gasteiger partial charge is 0.265 e. The van der Waals surface area contributed by atoms with Gasteiger partial charge in [0.15, 0.2) is 11.9 Å². The number of para-hydroxylation sites is 1. The molecule has 2 heterocycles. The predicted octanol–water partition coefficient (Wildman–Crippen LogP) is 0.0410. The minimum Gasteiger partial charge on any atom is -0.478 e. The van der Waals surface area contributed by atoms with Gasteiger partial charge in [0.05, 0.1) is 11.3 Å². The van der Waals surface area contributed by atoms with Crippen molar-refractivity contribution in [1.82, 2.24) is 15.5 Å². The van der Waals surface area contributed by atoms with Crippen LogP contribution in [0.3, 0.4) is 0 Å². The number of amides is 2. The van der Waals surface area contributed by atoms with Crippen molar-refractivity contribution in [3.63, 3.8) is 0 Å². The lowest BCUT2D eigenvalue weighted by molar-refractivity contribution is -0.122. The Kier molecular flexibility index (Phi) is 4.78. The van der Waals surface area contributed by atoms with Gasteiger partial charge in [-0.05, 0) is 19.1 Å². The second-order valence-corrected chi connectivity index (χ2v) is 5.78. The molecule has 3 rings (SSSR count). The lowest BCUT2D eigenvalue weighted by Crippen LogP contribution is -2.46. The van der Waals surface area contributed by atoms with Gasteiger partial charge in [0.2, 0.25) is 0 Å². The molecule has 124 valence electrons. The first-order valence-electron chi connectivity index (χ1n) is 7.97. The molecule has 1 atom stereocenters. The van der Waals surface area contributed by atoms with Crippen LogP contribution >= 0.6 is 0 Å². The first-order valence-corrected chi connectivity index (χ1v) is 7.97. The maximum Gasteiger partial charge on any atom is 0.265 e. The lowest BCUT2D eigenvalue weighted by Gasteiger charge is -2.27. The van der Waals surface area contributed by atoms with Crippen molar-refractivity contribution in [2.24, 2.45) is 0 Å². The topological polar surface area (TPSA) is 82.7 Å². The number of carbonyl (C=O) groups excluding carboxylic acids is 2. The first kappa shape index (κ1) is 15.8. The Hall–Kier alpha value is -2.12. The van der Waals surface area contributed by atoms with Gasteiger partial charge in [0.1, 0.15) is 0 Å². The van der Waals surface area contributed by atoms with Crippen LogP contribution < -0.4 is 20.7 Å². The molecule has 1 unspecified atom stereocenters. The predicted molar refractivity (Wildman–Crippen MR) is 86.8 cm³/mol. The Labute approximate surface area is 135 Å². The molecule has 0 aliphatic carbocycles. The van der Waals surface area contributed by atoms with Gasteiger partial charge in [-0.15, -0.1) is 0 Å². The number of ether oxygens (including phenoxy) is 1. The van der Waals surface area contributed by atoms with E-state index in [9.17, 15) is 9.59 Å². The maximum absolute atomic E-state index is 12.4. The molecule has 0 spiro atoms. The number of rotatable bonds is 4. The summed E-state index contributed by atoms with van der Waals surface area (Å²) in [4.78, 5) is 26.4. The van der Waals surface area contributed by atoms with Crippen molar-refractivity contribution in [2.45, 2.75) is 13.0 Å². The molecule has 7 nitrogen and oxygen atoms in total. The largest absolute Gasteiger partial charge is 0.478 e. The van der Waals surface area contributed by atoms with E-state index in [1.54, 1.807) is 25.1 Å². The third kappa shape index (κ3) is 3.62. The van der Waals surface area contributed by atoms with E-state index < -0.39 is 6.10 Å². The molecule has 0 bridgehead atoms. The molecule has 2 amide bonds. The van der Waals surface area contributed by atoms with Gasteiger partial charge < -0.3 is 20.7 Å². The fourth-order valence-corrected chi connectivity index (χ4v) is 2.76. The molecule has 7 heteroatoms. The van der Waals surface area contributed by atoms with Crippen molar-refractivity contribution in [3.05, 3.63) is 23.8 Å². The number of nitrogens with one attached hydrogen (secondary N) is 3. The van der Waals surface area contributed by atoms with Crippen LogP contribution in [0.25, 0.3) is 0 Å². The number of fused-ring (bicyclic) bond motifs is 1. The zero-order valence-corrected chi connectivity index (χ0v) is 13.2. The number of anilines is 1. The van der Waals surface area contributed by atoms with Gasteiger partial charge >= 0.3 is 0 Å². The van der Waals surface area contributed by atoms with E-state index in [0.717, 1.165) is 32.7 Å². The van der Waals surface area contributed by atoms with Crippen molar-refractivity contribution < 1.29 is 14.3 Å². The number of carbonyl (C=O) groups is 2. The number of nitrogens with zero attached hydrogens (tertiary/aromatic N) is 1. The minimum atomic E-state index is -0.600. The highest BCUT2D eigenvalue weighted by Crippen LogP contribution is 2.33. The van der Waals surface area contributed by atoms with Gasteiger partial charge in [0.25, 0.3) is 11.8 Å². The highest BCUT2D eigenvalue weighted by molar-refractivity contribution is 6.03. The molecular formula is C16H22N4O3. The van der Waals surface area contributed by atoms with Gasteiger partial charge in [-0.1, -0.05) is 6.07 Å². The van der Waals surface area contributed by atoms with E-state index >= 15 is 0 Å². The van der Waals surface area contributed by atoms with E-state index in [1.807, 2.05) is 0 Å². The maximum atomic E-state index is 12.4. The Bertz CT molecular complexity index is 599. The SMILES string of the molecule is CC1Oc2c(cccc2C(=O)NCCN2CCNCC2)NC1=O. The van der Waals surface area contributed by atoms with Crippen LogP contribution in [0.2, 0.25) is 0 Å². The van der Waals surface area contributed by atoms with Gasteiger partial charge in [-0.25, -0.2) is 0 Å². The molecule has 2 aliphatic rings. The summed E-state index contributed by atoms with van der Waals surface area (Å²) in [5.41, 5.74) is 0.998. The zero-order chi connectivity index (χ0) is 16.2. The second-order valence-electron chi connectivity index (χ2n) is 5.78. The lowest BCUT2D eigenvalue weighted by atomic mass is 10.1. The molecule has 1 aromatic rings. The summed E-state index contributed by atoms with van der Waals surface area (Å²) in [6, 6.07) is 5.18. The highest BCUT2D eigenvalue weighted by atomic mass is 16.5. The quantitative estimate of drug-likeness (QED) is 0.730. The number of benzene rings is 1. The van der Waals surface area contributed by atoms with Crippen LogP contribution in [0.4, 0.5) is 5.69 Å². The molecule has 3 N–H and O–H groups in total. The fraction of sp³-hybridized carbons (Fsp3) is 0.500. The van der Waals surface area contributed by atoms with E-state index in [4.69, 9.17) is 4.74 Å². The first-order chi connectivity index (χ1) is 11.1. The fourth-order valence-electron chi connectivity index (χ4n) is 2.76. The molecule has 2 aliphatic heterocycles. The third-order valence-corrected chi connectivity index (χ3v) is 4.10. The van der Waals surface area contributed by atoms with Crippen LogP contribution in [0.1, 0.15) is 17.3 Å². The normalized spacial score (nSPS) is 21.1. The van der Waals surface area contributed by atoms with Crippen molar-refractivity contribution in [2.75, 3.05) is 44.6 Å². The molecule has 0 saturated carbocycles. The van der Waals surface area contributed by atoms with Crippen molar-refractivity contribution >= 4 is 17.5 Å². The van der Waals surface area contributed by atoms with Gasteiger partial charge in [0, 0.05) is 39.3 Å². The van der Waals surface area contributed by atoms with E-state index in [2.05, 4.69) is 20.9 Å². The number of hydrogen-bond donors (Lipinski definition) is 3. The summed E-state index contributed by atoms with van der Waals surface area (Å²) in [5.74, 6) is 0.0633. The molecule has 23 heavy (non-hydrogen) atoms. The average Bonchev–Trinajstić information content (AvgIpc) is 2.56. The van der Waals surface area contributed by atoms with Crippen LogP contribution in [0.5, 0.6) is 5.75 Å². The van der Waals surface area contributed by atoms with Crippen molar-refractivity contribution in [3.8, 4) is 5.75 Å². The Morgan fingerprint density at radius 1 is 1.39 bits per heavy atom. The van der Waals surface area contributed by atoms with E-state index in [1.165, 1.54) is 0 Å². The molecule has 0 radical (unpaired) electrons. The third-order valence-electron chi connectivity index (χ3n) is 4.10. The Morgan fingerprint density at radius 2 is 2.17 bits per heavy atom. The summed E-state index contributed by atoms with van der Waals surface area (Å²) < 4.78 is 5.60. The second kappa shape index (κ2) is 6.97. The van der Waals surface area contributed by atoms with Crippen molar-refractivity contribution in [1.29, 1.82) is 0 Å². The summed E-state index contributed by atoms with van der Waals surface area (Å²) in [6.07, 6.45) is -0.600. The monoisotopic (exact) mass is 318 g/mol. The van der Waals surface area contributed by atoms with Crippen LogP contribution in [-0.4, -0.2) is 62.1 Å². The van der Waals surface area contributed by atoms with Crippen LogP contribution in [-0.2, 0) is 4.79 Å². The summed E-state index contributed by atoms with van der Waals surface area (Å²) in [6.45, 7) is 7.07. The zero-order valence-electron chi connectivity index (χ0n) is 13.2. The molecule has 1 aromatic carbocycles. The molecule has 1 saturated heterocycles.